The number of hydrogen-bond donors (Lipinski definition) is 1. The number of carbonyl (C=O) groups is 1. The van der Waals surface area contributed by atoms with Crippen LogP contribution in [0.4, 0.5) is 0 Å². The molecule has 0 aliphatic heterocycles. The first kappa shape index (κ1) is 6.63. The van der Waals surface area contributed by atoms with Gasteiger partial charge < -0.3 is 10.1 Å². The zero-order chi connectivity index (χ0) is 5.54. The Labute approximate surface area is 43.9 Å². The summed E-state index contributed by atoms with van der Waals surface area (Å²) in [5.41, 5.74) is 0. The van der Waals surface area contributed by atoms with Gasteiger partial charge in [-0.25, -0.2) is 0 Å². The van der Waals surface area contributed by atoms with E-state index in [1.165, 1.54) is 0 Å². The number of rotatable bonds is 4. The highest BCUT2D eigenvalue weighted by Crippen LogP contribution is 1.63. The summed E-state index contributed by atoms with van der Waals surface area (Å²) in [5.74, 6) is 0. The monoisotopic (exact) mass is 100 g/mol. The van der Waals surface area contributed by atoms with Gasteiger partial charge in [0.1, 0.15) is 6.29 Å². The molecule has 1 radical (unpaired) electrons. The molecule has 0 rings (SSSR count). The summed E-state index contributed by atoms with van der Waals surface area (Å²) in [6.07, 6.45) is 1.48. The molecule has 2 heteroatoms. The van der Waals surface area contributed by atoms with Crippen molar-refractivity contribution in [1.29, 1.82) is 0 Å². The number of carbonyl (C=O) groups excluding carboxylic acids is 1. The standard InChI is InChI=1S/C5H10NO/c1-2-6-4-3-5-7/h5-6H,1-4H2. The second-order valence-corrected chi connectivity index (χ2v) is 1.21. The molecular formula is C5H10NO. The van der Waals surface area contributed by atoms with Gasteiger partial charge in [-0.1, -0.05) is 0 Å². The third-order valence-corrected chi connectivity index (χ3v) is 0.616. The smallest absolute Gasteiger partial charge is 0.121 e. The first-order chi connectivity index (χ1) is 3.41. The van der Waals surface area contributed by atoms with E-state index < -0.39 is 0 Å². The molecule has 0 aromatic carbocycles. The zero-order valence-electron chi connectivity index (χ0n) is 4.31. The molecular weight excluding hydrogens is 90.1 g/mol. The van der Waals surface area contributed by atoms with Crippen LogP contribution in [0.5, 0.6) is 0 Å². The van der Waals surface area contributed by atoms with Gasteiger partial charge >= 0.3 is 0 Å². The Balaban J connectivity index is 2.56. The van der Waals surface area contributed by atoms with Crippen LogP contribution in [0.25, 0.3) is 0 Å². The fraction of sp³-hybridized carbons (Fsp3) is 0.600. The third-order valence-electron chi connectivity index (χ3n) is 0.616. The Hall–Kier alpha value is -0.370. The molecule has 0 unspecified atom stereocenters. The van der Waals surface area contributed by atoms with Gasteiger partial charge in [-0.15, -0.1) is 0 Å². The predicted molar refractivity (Wildman–Crippen MR) is 28.9 cm³/mol. The lowest BCUT2D eigenvalue weighted by Crippen LogP contribution is -2.14. The van der Waals surface area contributed by atoms with Crippen molar-refractivity contribution in [3.8, 4) is 0 Å². The van der Waals surface area contributed by atoms with E-state index >= 15 is 0 Å². The first-order valence-corrected chi connectivity index (χ1v) is 2.35. The molecule has 41 valence electrons. The minimum atomic E-state index is 0.593. The fourth-order valence-corrected chi connectivity index (χ4v) is 0.286. The first-order valence-electron chi connectivity index (χ1n) is 2.35. The molecule has 0 saturated heterocycles. The van der Waals surface area contributed by atoms with Gasteiger partial charge in [0.25, 0.3) is 0 Å². The van der Waals surface area contributed by atoms with Crippen LogP contribution in [-0.4, -0.2) is 19.4 Å². The maximum Gasteiger partial charge on any atom is 0.121 e. The molecule has 7 heavy (non-hydrogen) atoms. The van der Waals surface area contributed by atoms with Gasteiger partial charge in [0.2, 0.25) is 0 Å². The molecule has 0 aromatic heterocycles. The average Bonchev–Trinajstić information content (AvgIpc) is 1.69. The van der Waals surface area contributed by atoms with Gasteiger partial charge in [-0.05, 0) is 13.5 Å². The van der Waals surface area contributed by atoms with E-state index in [9.17, 15) is 4.79 Å². The summed E-state index contributed by atoms with van der Waals surface area (Å²) in [4.78, 5) is 9.62. The quantitative estimate of drug-likeness (QED) is 0.398. The van der Waals surface area contributed by atoms with Gasteiger partial charge in [-0.2, -0.15) is 0 Å². The second kappa shape index (κ2) is 5.63. The minimum Gasteiger partial charge on any atom is -0.316 e. The molecule has 0 spiro atoms. The zero-order valence-corrected chi connectivity index (χ0v) is 4.31. The van der Waals surface area contributed by atoms with Crippen molar-refractivity contribution in [2.45, 2.75) is 6.42 Å². The molecule has 0 amide bonds. The lowest BCUT2D eigenvalue weighted by molar-refractivity contribution is -0.107. The van der Waals surface area contributed by atoms with Crippen LogP contribution in [0.2, 0.25) is 0 Å². The molecule has 2 nitrogen and oxygen atoms in total. The lowest BCUT2D eigenvalue weighted by atomic mass is 10.5. The predicted octanol–water partition coefficient (Wildman–Crippen LogP) is -0.000910. The van der Waals surface area contributed by atoms with E-state index in [2.05, 4.69) is 12.2 Å². The highest BCUT2D eigenvalue weighted by molar-refractivity contribution is 5.49. The normalized spacial score (nSPS) is 8.71. The second-order valence-electron chi connectivity index (χ2n) is 1.21. The van der Waals surface area contributed by atoms with Crippen LogP contribution in [0, 0.1) is 6.92 Å². The van der Waals surface area contributed by atoms with Crippen LogP contribution in [0.15, 0.2) is 0 Å². The molecule has 0 aromatic rings. The van der Waals surface area contributed by atoms with Crippen LogP contribution in [0.3, 0.4) is 0 Å². The van der Waals surface area contributed by atoms with E-state index in [1.54, 1.807) is 0 Å². The van der Waals surface area contributed by atoms with Crippen molar-refractivity contribution in [3.05, 3.63) is 6.92 Å². The Kier molecular flexibility index (Phi) is 5.33. The van der Waals surface area contributed by atoms with Crippen molar-refractivity contribution in [1.82, 2.24) is 5.32 Å². The SMILES string of the molecule is [CH2]CNCCC=O. The topological polar surface area (TPSA) is 29.1 Å². The van der Waals surface area contributed by atoms with Crippen molar-refractivity contribution in [2.24, 2.45) is 0 Å². The summed E-state index contributed by atoms with van der Waals surface area (Å²) >= 11 is 0. The van der Waals surface area contributed by atoms with E-state index in [4.69, 9.17) is 0 Å². The summed E-state index contributed by atoms with van der Waals surface area (Å²) in [6.45, 7) is 4.99. The highest BCUT2D eigenvalue weighted by atomic mass is 16.1. The van der Waals surface area contributed by atoms with Crippen molar-refractivity contribution in [3.63, 3.8) is 0 Å². The average molecular weight is 100 g/mol. The molecule has 1 N–H and O–H groups in total. The molecule has 0 saturated carbocycles. The van der Waals surface area contributed by atoms with Crippen LogP contribution >= 0.6 is 0 Å². The van der Waals surface area contributed by atoms with Crippen LogP contribution in [-0.2, 0) is 4.79 Å². The fourth-order valence-electron chi connectivity index (χ4n) is 0.286. The maximum absolute atomic E-state index is 9.62. The third kappa shape index (κ3) is 5.63. The molecule has 0 bridgehead atoms. The number of nitrogens with one attached hydrogen (secondary N) is 1. The van der Waals surface area contributed by atoms with Crippen LogP contribution < -0.4 is 5.32 Å². The largest absolute Gasteiger partial charge is 0.316 e. The van der Waals surface area contributed by atoms with E-state index in [-0.39, 0.29) is 0 Å². The van der Waals surface area contributed by atoms with Gasteiger partial charge in [-0.3, -0.25) is 0 Å². The molecule has 0 aliphatic carbocycles. The Morgan fingerprint density at radius 2 is 2.43 bits per heavy atom. The summed E-state index contributed by atoms with van der Waals surface area (Å²) in [6, 6.07) is 0. The van der Waals surface area contributed by atoms with E-state index in [0.29, 0.717) is 13.0 Å². The summed E-state index contributed by atoms with van der Waals surface area (Å²) in [5, 5.41) is 2.91. The van der Waals surface area contributed by atoms with Gasteiger partial charge in [0.15, 0.2) is 0 Å². The molecule has 0 aliphatic rings. The van der Waals surface area contributed by atoms with Gasteiger partial charge in [0, 0.05) is 13.0 Å². The summed E-state index contributed by atoms with van der Waals surface area (Å²) in [7, 11) is 0. The molecule has 0 fully saturated rings. The molecule has 0 heterocycles. The lowest BCUT2D eigenvalue weighted by Gasteiger charge is -1.91. The maximum atomic E-state index is 9.62. The Morgan fingerprint density at radius 1 is 1.71 bits per heavy atom. The highest BCUT2D eigenvalue weighted by Gasteiger charge is 1.77. The molecule has 0 atom stereocenters. The van der Waals surface area contributed by atoms with E-state index in [1.807, 2.05) is 0 Å². The Morgan fingerprint density at radius 3 is 2.86 bits per heavy atom. The number of aldehydes is 1. The van der Waals surface area contributed by atoms with Crippen LogP contribution in [0.1, 0.15) is 6.42 Å². The minimum absolute atomic E-state index is 0.593. The van der Waals surface area contributed by atoms with Crippen molar-refractivity contribution < 1.29 is 4.79 Å². The summed E-state index contributed by atoms with van der Waals surface area (Å²) < 4.78 is 0. The van der Waals surface area contributed by atoms with Gasteiger partial charge in [0.05, 0.1) is 0 Å². The van der Waals surface area contributed by atoms with Crippen molar-refractivity contribution >= 4 is 6.29 Å². The Bertz CT molecular complexity index is 45.3. The number of hydrogen-bond acceptors (Lipinski definition) is 2. The van der Waals surface area contributed by atoms with Crippen molar-refractivity contribution in [2.75, 3.05) is 13.1 Å². The van der Waals surface area contributed by atoms with E-state index in [0.717, 1.165) is 12.8 Å².